The van der Waals surface area contributed by atoms with Gasteiger partial charge in [-0.25, -0.2) is 0 Å². The minimum Gasteiger partial charge on any atom is -0.310 e. The Hall–Kier alpha value is -6.38. The van der Waals surface area contributed by atoms with E-state index in [1.165, 1.54) is 112 Å². The molecule has 2 heteroatoms. The van der Waals surface area contributed by atoms with Gasteiger partial charge in [0.15, 0.2) is 0 Å². The van der Waals surface area contributed by atoms with Gasteiger partial charge in [-0.15, -0.1) is 0 Å². The lowest BCUT2D eigenvalue weighted by molar-refractivity contribution is 0.660. The normalized spacial score (nSPS) is 14.2. The second-order valence-corrected chi connectivity index (χ2v) is 19.7. The first-order valence-corrected chi connectivity index (χ1v) is 22.5. The Bertz CT molecular complexity index is 2790. The molecule has 0 bridgehead atoms. The lowest BCUT2D eigenvalue weighted by Gasteiger charge is -2.28. The van der Waals surface area contributed by atoms with Crippen molar-refractivity contribution in [3.05, 3.63) is 202 Å². The van der Waals surface area contributed by atoms with Crippen LogP contribution >= 0.6 is 0 Å². The Morgan fingerprint density at radius 2 is 0.613 bits per heavy atom. The molecular formula is C60H58N2. The van der Waals surface area contributed by atoms with Crippen molar-refractivity contribution in [2.45, 2.75) is 91.9 Å². The van der Waals surface area contributed by atoms with E-state index < -0.39 is 0 Å². The third-order valence-corrected chi connectivity index (χ3v) is 14.1. The highest BCUT2D eigenvalue weighted by Crippen LogP contribution is 2.55. The van der Waals surface area contributed by atoms with Crippen LogP contribution in [0.25, 0.3) is 33.0 Å². The summed E-state index contributed by atoms with van der Waals surface area (Å²) in [4.78, 5) is 4.83. The van der Waals surface area contributed by atoms with Crippen LogP contribution in [0.4, 0.5) is 34.1 Å². The molecule has 0 unspecified atom stereocenters. The summed E-state index contributed by atoms with van der Waals surface area (Å²) >= 11 is 0. The summed E-state index contributed by atoms with van der Waals surface area (Å²) in [5, 5.41) is 2.60. The Kier molecular flexibility index (Phi) is 9.37. The van der Waals surface area contributed by atoms with Crippen molar-refractivity contribution in [1.82, 2.24) is 0 Å². The first-order chi connectivity index (χ1) is 29.7. The molecule has 0 heterocycles. The van der Waals surface area contributed by atoms with Gasteiger partial charge < -0.3 is 9.80 Å². The zero-order valence-electron chi connectivity index (χ0n) is 38.1. The molecule has 8 aromatic rings. The molecule has 10 rings (SSSR count). The van der Waals surface area contributed by atoms with Crippen LogP contribution in [0, 0.1) is 13.8 Å². The SMILES string of the molecule is Cc1ccc(N(c2ccc(C(C)C)cc2)c2ccc3c(c2)C(C)(C)c2cc4cc5c(cc4cc2-3)C(C)(C)c2cc(N(c3ccc(C)cc3)c3ccc(C(C)C)cc3)ccc2-5)cc1. The summed E-state index contributed by atoms with van der Waals surface area (Å²) in [6.45, 7) is 23.0. The standard InChI is InChI=1S/C60H58N2/c1-37(2)41-15-23-47(24-16-41)61(45-19-11-39(5)12-20-45)49-27-29-51-53-31-43-34-56-54(32-44(43)33-55(53)59(7,8)57(51)35-49)52-30-28-50(36-58(52)60(56,9)10)62(46-21-13-40(6)14-22-46)48-25-17-42(18-26-48)38(3)4/h11-38H,1-10H3. The van der Waals surface area contributed by atoms with Gasteiger partial charge in [0.05, 0.1) is 0 Å². The summed E-state index contributed by atoms with van der Waals surface area (Å²) in [5.41, 5.74) is 22.8. The molecule has 0 N–H and O–H groups in total. The van der Waals surface area contributed by atoms with E-state index in [0.717, 1.165) is 0 Å². The molecule has 0 fully saturated rings. The maximum absolute atomic E-state index is 2.49. The van der Waals surface area contributed by atoms with Gasteiger partial charge in [-0.3, -0.25) is 0 Å². The van der Waals surface area contributed by atoms with Crippen LogP contribution in [0.5, 0.6) is 0 Å². The first kappa shape index (κ1) is 39.7. The lowest BCUT2D eigenvalue weighted by Crippen LogP contribution is -2.17. The maximum atomic E-state index is 2.49. The van der Waals surface area contributed by atoms with Crippen molar-refractivity contribution >= 4 is 44.9 Å². The van der Waals surface area contributed by atoms with E-state index in [9.17, 15) is 0 Å². The average Bonchev–Trinajstić information content (AvgIpc) is 3.61. The van der Waals surface area contributed by atoms with Gasteiger partial charge in [0, 0.05) is 45.0 Å². The highest BCUT2D eigenvalue weighted by atomic mass is 15.1. The minimum atomic E-state index is -0.173. The Labute approximate surface area is 369 Å². The Balaban J connectivity index is 1.04. The van der Waals surface area contributed by atoms with Crippen LogP contribution in [0.3, 0.4) is 0 Å². The number of nitrogens with zero attached hydrogens (tertiary/aromatic N) is 2. The number of fused-ring (bicyclic) bond motifs is 7. The van der Waals surface area contributed by atoms with E-state index in [-0.39, 0.29) is 10.8 Å². The molecule has 8 aromatic carbocycles. The molecule has 62 heavy (non-hydrogen) atoms. The van der Waals surface area contributed by atoms with Crippen molar-refractivity contribution in [3.8, 4) is 22.3 Å². The molecule has 0 aliphatic heterocycles. The van der Waals surface area contributed by atoms with Gasteiger partial charge in [-0.2, -0.15) is 0 Å². The number of hydrogen-bond acceptors (Lipinski definition) is 2. The van der Waals surface area contributed by atoms with Gasteiger partial charge >= 0.3 is 0 Å². The molecule has 2 aliphatic carbocycles. The number of benzene rings is 8. The Morgan fingerprint density at radius 3 is 0.935 bits per heavy atom. The van der Waals surface area contributed by atoms with Crippen LogP contribution < -0.4 is 9.80 Å². The van der Waals surface area contributed by atoms with Crippen LogP contribution in [-0.2, 0) is 10.8 Å². The van der Waals surface area contributed by atoms with Gasteiger partial charge in [0.2, 0.25) is 0 Å². The second-order valence-electron chi connectivity index (χ2n) is 19.7. The molecule has 0 aromatic heterocycles. The summed E-state index contributed by atoms with van der Waals surface area (Å²) in [6.07, 6.45) is 0. The largest absolute Gasteiger partial charge is 0.310 e. The zero-order valence-corrected chi connectivity index (χ0v) is 38.1. The molecule has 0 amide bonds. The molecule has 308 valence electrons. The number of rotatable bonds is 8. The number of anilines is 6. The third kappa shape index (κ3) is 6.46. The highest BCUT2D eigenvalue weighted by molar-refractivity contribution is 5.99. The number of hydrogen-bond donors (Lipinski definition) is 0. The fourth-order valence-electron chi connectivity index (χ4n) is 10.3. The summed E-state index contributed by atoms with van der Waals surface area (Å²) in [7, 11) is 0. The Morgan fingerprint density at radius 1 is 0.323 bits per heavy atom. The van der Waals surface area contributed by atoms with E-state index in [4.69, 9.17) is 0 Å². The van der Waals surface area contributed by atoms with Crippen LogP contribution in [0.15, 0.2) is 158 Å². The predicted octanol–water partition coefficient (Wildman–Crippen LogP) is 17.3. The van der Waals surface area contributed by atoms with Crippen molar-refractivity contribution in [3.63, 3.8) is 0 Å². The summed E-state index contributed by atoms with van der Waals surface area (Å²) in [6, 6.07) is 60.3. The van der Waals surface area contributed by atoms with Gasteiger partial charge in [0.25, 0.3) is 0 Å². The maximum Gasteiger partial charge on any atom is 0.0465 e. The molecule has 2 nitrogen and oxygen atoms in total. The van der Waals surface area contributed by atoms with Crippen molar-refractivity contribution in [2.75, 3.05) is 9.80 Å². The smallest absolute Gasteiger partial charge is 0.0465 e. The van der Waals surface area contributed by atoms with Gasteiger partial charge in [-0.1, -0.05) is 127 Å². The molecule has 0 radical (unpaired) electrons. The van der Waals surface area contributed by atoms with Crippen molar-refractivity contribution in [2.24, 2.45) is 0 Å². The van der Waals surface area contributed by atoms with Crippen molar-refractivity contribution in [1.29, 1.82) is 0 Å². The van der Waals surface area contributed by atoms with Crippen LogP contribution in [0.1, 0.15) is 112 Å². The van der Waals surface area contributed by atoms with E-state index in [2.05, 4.69) is 237 Å². The van der Waals surface area contributed by atoms with E-state index >= 15 is 0 Å². The van der Waals surface area contributed by atoms with E-state index in [1.54, 1.807) is 0 Å². The van der Waals surface area contributed by atoms with Crippen LogP contribution in [0.2, 0.25) is 0 Å². The monoisotopic (exact) mass is 806 g/mol. The first-order valence-electron chi connectivity index (χ1n) is 22.5. The molecule has 0 saturated heterocycles. The van der Waals surface area contributed by atoms with Crippen LogP contribution in [-0.4, -0.2) is 0 Å². The molecule has 0 spiro atoms. The quantitative estimate of drug-likeness (QED) is 0.151. The second kappa shape index (κ2) is 14.6. The predicted molar refractivity (Wildman–Crippen MR) is 266 cm³/mol. The molecule has 0 atom stereocenters. The fourth-order valence-corrected chi connectivity index (χ4v) is 10.3. The highest BCUT2D eigenvalue weighted by Gasteiger charge is 2.39. The van der Waals surface area contributed by atoms with Gasteiger partial charge in [0.1, 0.15) is 0 Å². The summed E-state index contributed by atoms with van der Waals surface area (Å²) in [5.74, 6) is 0.973. The third-order valence-electron chi connectivity index (χ3n) is 14.1. The fraction of sp³-hybridized carbons (Fsp3) is 0.233. The molecule has 2 aliphatic rings. The average molecular weight is 807 g/mol. The van der Waals surface area contributed by atoms with E-state index in [0.29, 0.717) is 11.8 Å². The number of aryl methyl sites for hydroxylation is 2. The summed E-state index contributed by atoms with van der Waals surface area (Å²) < 4.78 is 0. The molecule has 0 saturated carbocycles. The van der Waals surface area contributed by atoms with Gasteiger partial charge in [-0.05, 0) is 189 Å². The zero-order chi connectivity index (χ0) is 43.2. The molecular weight excluding hydrogens is 749 g/mol. The lowest BCUT2D eigenvalue weighted by atomic mass is 9.80. The topological polar surface area (TPSA) is 6.48 Å². The van der Waals surface area contributed by atoms with Crippen molar-refractivity contribution < 1.29 is 0 Å². The van der Waals surface area contributed by atoms with E-state index in [1.807, 2.05) is 0 Å². The minimum absolute atomic E-state index is 0.173.